The van der Waals surface area contributed by atoms with Gasteiger partial charge in [0.25, 0.3) is 0 Å². The van der Waals surface area contributed by atoms with Crippen molar-refractivity contribution in [1.82, 2.24) is 9.97 Å². The maximum Gasteiger partial charge on any atom is 0.323 e. The Morgan fingerprint density at radius 2 is 1.80 bits per heavy atom. The largest absolute Gasteiger partial charge is 0.323 e. The first-order chi connectivity index (χ1) is 9.54. The van der Waals surface area contributed by atoms with Gasteiger partial charge in [0.05, 0.1) is 15.9 Å². The van der Waals surface area contributed by atoms with Gasteiger partial charge in [0.1, 0.15) is 5.82 Å². The van der Waals surface area contributed by atoms with E-state index in [-0.39, 0.29) is 16.3 Å². The van der Waals surface area contributed by atoms with Crippen LogP contribution in [0.1, 0.15) is 16.0 Å². The SMILES string of the molecule is O=c1[nH]c2ccc(C(Br)c3ccc(F)cc3Br)cc2[nH]1. The average molecular weight is 400 g/mol. The Balaban J connectivity index is 2.06. The molecule has 2 N–H and O–H groups in total. The predicted molar refractivity (Wildman–Crippen MR) is 83.8 cm³/mol. The summed E-state index contributed by atoms with van der Waals surface area (Å²) in [4.78, 5) is 16.6. The lowest BCUT2D eigenvalue weighted by Crippen LogP contribution is -1.99. The molecule has 1 atom stereocenters. The molecular formula is C14H9Br2FN2O. The van der Waals surface area contributed by atoms with Crippen molar-refractivity contribution in [3.8, 4) is 0 Å². The molecular weight excluding hydrogens is 391 g/mol. The highest BCUT2D eigenvalue weighted by atomic mass is 79.9. The van der Waals surface area contributed by atoms with E-state index in [2.05, 4.69) is 41.8 Å². The summed E-state index contributed by atoms with van der Waals surface area (Å²) in [6.45, 7) is 0. The number of benzene rings is 2. The molecule has 3 rings (SSSR count). The molecule has 1 unspecified atom stereocenters. The van der Waals surface area contributed by atoms with Gasteiger partial charge in [-0.25, -0.2) is 9.18 Å². The third kappa shape index (κ3) is 2.45. The Kier molecular flexibility index (Phi) is 3.52. The van der Waals surface area contributed by atoms with E-state index in [0.717, 1.165) is 22.2 Å². The number of imidazole rings is 1. The molecule has 1 aromatic heterocycles. The van der Waals surface area contributed by atoms with Crippen molar-refractivity contribution in [2.75, 3.05) is 0 Å². The second-order valence-electron chi connectivity index (χ2n) is 4.41. The van der Waals surface area contributed by atoms with Gasteiger partial charge in [0.2, 0.25) is 0 Å². The van der Waals surface area contributed by atoms with Crippen LogP contribution in [0.4, 0.5) is 4.39 Å². The Morgan fingerprint density at radius 1 is 1.05 bits per heavy atom. The molecule has 0 radical (unpaired) electrons. The first kappa shape index (κ1) is 13.6. The zero-order valence-electron chi connectivity index (χ0n) is 10.1. The molecule has 0 aliphatic heterocycles. The van der Waals surface area contributed by atoms with Gasteiger partial charge in [0.15, 0.2) is 0 Å². The lowest BCUT2D eigenvalue weighted by Gasteiger charge is -2.13. The maximum atomic E-state index is 13.1. The molecule has 0 spiro atoms. The third-order valence-corrected chi connectivity index (χ3v) is 4.78. The number of nitrogens with one attached hydrogen (secondary N) is 2. The van der Waals surface area contributed by atoms with Crippen LogP contribution in [0, 0.1) is 5.82 Å². The standard InChI is InChI=1S/C14H9Br2FN2O/c15-10-6-8(17)2-3-9(10)13(16)7-1-4-11-12(5-7)19-14(20)18-11/h1-6,13H,(H2,18,19,20). The minimum absolute atomic E-state index is 0.0970. The van der Waals surface area contributed by atoms with Gasteiger partial charge in [-0.2, -0.15) is 0 Å². The Labute approximate surface area is 130 Å². The lowest BCUT2D eigenvalue weighted by molar-refractivity contribution is 0.626. The van der Waals surface area contributed by atoms with Crippen molar-refractivity contribution in [2.45, 2.75) is 4.83 Å². The maximum absolute atomic E-state index is 13.1. The van der Waals surface area contributed by atoms with Gasteiger partial charge in [-0.15, -0.1) is 0 Å². The van der Waals surface area contributed by atoms with Gasteiger partial charge in [-0.3, -0.25) is 0 Å². The van der Waals surface area contributed by atoms with Crippen LogP contribution < -0.4 is 5.69 Å². The van der Waals surface area contributed by atoms with Crippen LogP contribution in [-0.2, 0) is 0 Å². The molecule has 102 valence electrons. The zero-order valence-corrected chi connectivity index (χ0v) is 13.3. The minimum Gasteiger partial charge on any atom is -0.306 e. The molecule has 0 amide bonds. The smallest absolute Gasteiger partial charge is 0.306 e. The van der Waals surface area contributed by atoms with Crippen molar-refractivity contribution in [3.05, 3.63) is 68.3 Å². The van der Waals surface area contributed by atoms with E-state index in [1.165, 1.54) is 12.1 Å². The number of alkyl halides is 1. The predicted octanol–water partition coefficient (Wildman–Crippen LogP) is 4.24. The molecule has 0 saturated carbocycles. The van der Waals surface area contributed by atoms with Crippen molar-refractivity contribution >= 4 is 42.9 Å². The van der Waals surface area contributed by atoms with Gasteiger partial charge >= 0.3 is 5.69 Å². The van der Waals surface area contributed by atoms with Gasteiger partial charge in [-0.05, 0) is 35.4 Å². The summed E-state index contributed by atoms with van der Waals surface area (Å²) in [5, 5.41) is 0. The summed E-state index contributed by atoms with van der Waals surface area (Å²) in [7, 11) is 0. The lowest BCUT2D eigenvalue weighted by atomic mass is 10.0. The topological polar surface area (TPSA) is 48.6 Å². The van der Waals surface area contributed by atoms with Crippen molar-refractivity contribution < 1.29 is 4.39 Å². The van der Waals surface area contributed by atoms with E-state index < -0.39 is 0 Å². The van der Waals surface area contributed by atoms with Crippen LogP contribution >= 0.6 is 31.9 Å². The van der Waals surface area contributed by atoms with Crippen molar-refractivity contribution in [1.29, 1.82) is 0 Å². The van der Waals surface area contributed by atoms with Crippen LogP contribution in [-0.4, -0.2) is 9.97 Å². The first-order valence-corrected chi connectivity index (χ1v) is 7.56. The molecule has 3 aromatic rings. The van der Waals surface area contributed by atoms with Crippen LogP contribution in [0.15, 0.2) is 45.7 Å². The number of hydrogen-bond acceptors (Lipinski definition) is 1. The molecule has 0 fully saturated rings. The molecule has 0 aliphatic carbocycles. The number of hydrogen-bond donors (Lipinski definition) is 2. The second-order valence-corrected chi connectivity index (χ2v) is 6.18. The van der Waals surface area contributed by atoms with Crippen LogP contribution in [0.3, 0.4) is 0 Å². The fraction of sp³-hybridized carbons (Fsp3) is 0.0714. The van der Waals surface area contributed by atoms with Crippen molar-refractivity contribution in [2.24, 2.45) is 0 Å². The summed E-state index contributed by atoms with van der Waals surface area (Å²) >= 11 is 6.97. The zero-order chi connectivity index (χ0) is 14.3. The Bertz CT molecular complexity index is 841. The van der Waals surface area contributed by atoms with E-state index in [1.807, 2.05) is 18.2 Å². The first-order valence-electron chi connectivity index (χ1n) is 5.85. The van der Waals surface area contributed by atoms with Crippen LogP contribution in [0.25, 0.3) is 11.0 Å². The van der Waals surface area contributed by atoms with Crippen LogP contribution in [0.5, 0.6) is 0 Å². The van der Waals surface area contributed by atoms with E-state index in [9.17, 15) is 9.18 Å². The Morgan fingerprint density at radius 3 is 2.55 bits per heavy atom. The summed E-state index contributed by atoms with van der Waals surface area (Å²) in [5.74, 6) is -0.286. The van der Waals surface area contributed by atoms with Gasteiger partial charge in [0, 0.05) is 4.47 Å². The average Bonchev–Trinajstić information content (AvgIpc) is 2.77. The number of halogens is 3. The fourth-order valence-corrected chi connectivity index (χ4v) is 3.67. The van der Waals surface area contributed by atoms with E-state index in [1.54, 1.807) is 6.07 Å². The van der Waals surface area contributed by atoms with Crippen molar-refractivity contribution in [3.63, 3.8) is 0 Å². The molecule has 3 nitrogen and oxygen atoms in total. The molecule has 6 heteroatoms. The summed E-state index contributed by atoms with van der Waals surface area (Å²) in [6.07, 6.45) is 0. The minimum atomic E-state index is -0.286. The fourth-order valence-electron chi connectivity index (χ4n) is 2.09. The van der Waals surface area contributed by atoms with E-state index >= 15 is 0 Å². The molecule has 20 heavy (non-hydrogen) atoms. The quantitative estimate of drug-likeness (QED) is 0.622. The summed E-state index contributed by atoms with van der Waals surface area (Å²) in [6, 6.07) is 10.2. The number of aromatic amines is 2. The van der Waals surface area contributed by atoms with Crippen LogP contribution in [0.2, 0.25) is 0 Å². The number of H-pyrrole nitrogens is 2. The highest BCUT2D eigenvalue weighted by Gasteiger charge is 2.15. The third-order valence-electron chi connectivity index (χ3n) is 3.07. The molecule has 1 heterocycles. The highest BCUT2D eigenvalue weighted by Crippen LogP contribution is 2.36. The van der Waals surface area contributed by atoms with Gasteiger partial charge in [-0.1, -0.05) is 44.0 Å². The molecule has 0 bridgehead atoms. The summed E-state index contributed by atoms with van der Waals surface area (Å²) < 4.78 is 13.8. The molecule has 0 saturated heterocycles. The number of aromatic nitrogens is 2. The summed E-state index contributed by atoms with van der Waals surface area (Å²) in [5.41, 5.74) is 3.17. The van der Waals surface area contributed by atoms with Gasteiger partial charge < -0.3 is 9.97 Å². The normalized spacial score (nSPS) is 12.8. The van der Waals surface area contributed by atoms with E-state index in [4.69, 9.17) is 0 Å². The highest BCUT2D eigenvalue weighted by molar-refractivity contribution is 9.11. The Hall–Kier alpha value is -1.40. The molecule has 2 aromatic carbocycles. The number of rotatable bonds is 2. The monoisotopic (exact) mass is 398 g/mol. The molecule has 0 aliphatic rings. The van der Waals surface area contributed by atoms with E-state index in [0.29, 0.717) is 4.47 Å². The second kappa shape index (κ2) is 5.18. The number of fused-ring (bicyclic) bond motifs is 1.